The van der Waals surface area contributed by atoms with Gasteiger partial charge in [-0.3, -0.25) is 10.1 Å². The molecule has 0 aromatic carbocycles. The second-order valence-corrected chi connectivity index (χ2v) is 3.59. The molecule has 3 nitrogen and oxygen atoms in total. The molecule has 0 aromatic heterocycles. The smallest absolute Gasteiger partial charge is 0.326 e. The highest BCUT2D eigenvalue weighted by Crippen LogP contribution is 2.20. The quantitative estimate of drug-likeness (QED) is 0.515. The maximum absolute atomic E-state index is 11.7. The van der Waals surface area contributed by atoms with Gasteiger partial charge in [-0.1, -0.05) is 32.6 Å². The summed E-state index contributed by atoms with van der Waals surface area (Å²) in [5.74, 6) is 2.28. The van der Waals surface area contributed by atoms with Gasteiger partial charge in [-0.15, -0.1) is 6.42 Å². The standard InChI is InChI=1S/C12H21NO2/c1-5-8-9-12(7-3,11(14)15-4)13-10-6-2/h2,13H,5,7-10H2,1,3-4H3. The number of nitrogens with one attached hydrogen (secondary N) is 1. The predicted molar refractivity (Wildman–Crippen MR) is 61.4 cm³/mol. The van der Waals surface area contributed by atoms with E-state index in [0.29, 0.717) is 13.0 Å². The molecule has 0 aliphatic rings. The zero-order valence-corrected chi connectivity index (χ0v) is 9.93. The van der Waals surface area contributed by atoms with Crippen LogP contribution in [0.5, 0.6) is 0 Å². The Hall–Kier alpha value is -1.01. The summed E-state index contributed by atoms with van der Waals surface area (Å²) in [5.41, 5.74) is -0.600. The highest BCUT2D eigenvalue weighted by Gasteiger charge is 2.36. The van der Waals surface area contributed by atoms with Crippen molar-refractivity contribution < 1.29 is 9.53 Å². The molecule has 0 rings (SSSR count). The Morgan fingerprint density at radius 2 is 2.20 bits per heavy atom. The molecular weight excluding hydrogens is 190 g/mol. The SMILES string of the molecule is C#CCNC(CC)(CCCC)C(=O)OC. The third-order valence-corrected chi connectivity index (χ3v) is 2.67. The first-order valence-electron chi connectivity index (χ1n) is 5.43. The number of esters is 1. The molecule has 1 unspecified atom stereocenters. The molecule has 1 N–H and O–H groups in total. The van der Waals surface area contributed by atoms with Gasteiger partial charge in [0.2, 0.25) is 0 Å². The molecule has 86 valence electrons. The Balaban J connectivity index is 4.60. The van der Waals surface area contributed by atoms with Crippen molar-refractivity contribution in [3.8, 4) is 12.3 Å². The van der Waals surface area contributed by atoms with Gasteiger partial charge >= 0.3 is 5.97 Å². The summed E-state index contributed by atoms with van der Waals surface area (Å²) < 4.78 is 4.83. The second-order valence-electron chi connectivity index (χ2n) is 3.59. The first kappa shape index (κ1) is 14.0. The van der Waals surface area contributed by atoms with Crippen LogP contribution >= 0.6 is 0 Å². The van der Waals surface area contributed by atoms with E-state index < -0.39 is 5.54 Å². The van der Waals surface area contributed by atoms with Crippen LogP contribution in [-0.4, -0.2) is 25.2 Å². The van der Waals surface area contributed by atoms with Gasteiger partial charge in [0.1, 0.15) is 5.54 Å². The molecule has 0 saturated carbocycles. The average Bonchev–Trinajstić information content (AvgIpc) is 2.29. The van der Waals surface area contributed by atoms with Crippen LogP contribution in [0.25, 0.3) is 0 Å². The van der Waals surface area contributed by atoms with E-state index in [1.54, 1.807) is 0 Å². The Morgan fingerprint density at radius 3 is 2.60 bits per heavy atom. The maximum Gasteiger partial charge on any atom is 0.326 e. The monoisotopic (exact) mass is 211 g/mol. The van der Waals surface area contributed by atoms with Crippen LogP contribution in [0.15, 0.2) is 0 Å². The lowest BCUT2D eigenvalue weighted by Gasteiger charge is -2.30. The van der Waals surface area contributed by atoms with Crippen LogP contribution in [0.4, 0.5) is 0 Å². The van der Waals surface area contributed by atoms with Gasteiger partial charge in [0.15, 0.2) is 0 Å². The summed E-state index contributed by atoms with van der Waals surface area (Å²) in [6.07, 6.45) is 8.70. The fraction of sp³-hybridized carbons (Fsp3) is 0.750. The van der Waals surface area contributed by atoms with E-state index in [0.717, 1.165) is 19.3 Å². The summed E-state index contributed by atoms with van der Waals surface area (Å²) in [7, 11) is 1.41. The number of carbonyl (C=O) groups excluding carboxylic acids is 1. The van der Waals surface area contributed by atoms with Crippen LogP contribution in [-0.2, 0) is 9.53 Å². The molecule has 3 heteroatoms. The minimum atomic E-state index is -0.600. The Labute approximate surface area is 92.6 Å². The van der Waals surface area contributed by atoms with E-state index >= 15 is 0 Å². The Morgan fingerprint density at radius 1 is 1.53 bits per heavy atom. The Kier molecular flexibility index (Phi) is 6.81. The third kappa shape index (κ3) is 3.93. The largest absolute Gasteiger partial charge is 0.468 e. The van der Waals surface area contributed by atoms with Gasteiger partial charge in [-0.05, 0) is 12.8 Å². The topological polar surface area (TPSA) is 38.3 Å². The lowest BCUT2D eigenvalue weighted by Crippen LogP contribution is -2.52. The number of hydrogen-bond acceptors (Lipinski definition) is 3. The highest BCUT2D eigenvalue weighted by molar-refractivity contribution is 5.80. The lowest BCUT2D eigenvalue weighted by atomic mass is 9.89. The van der Waals surface area contributed by atoms with Crippen molar-refractivity contribution in [2.24, 2.45) is 0 Å². The molecule has 0 aliphatic heterocycles. The first-order chi connectivity index (χ1) is 7.16. The number of rotatable bonds is 7. The third-order valence-electron chi connectivity index (χ3n) is 2.67. The van der Waals surface area contributed by atoms with Crippen LogP contribution in [0.1, 0.15) is 39.5 Å². The van der Waals surface area contributed by atoms with E-state index in [2.05, 4.69) is 18.2 Å². The maximum atomic E-state index is 11.7. The van der Waals surface area contributed by atoms with Crippen LogP contribution in [0.3, 0.4) is 0 Å². The summed E-state index contributed by atoms with van der Waals surface area (Å²) in [6.45, 7) is 4.46. The van der Waals surface area contributed by atoms with Gasteiger partial charge < -0.3 is 4.74 Å². The number of methoxy groups -OCH3 is 1. The van der Waals surface area contributed by atoms with E-state index in [4.69, 9.17) is 11.2 Å². The molecule has 0 aliphatic carbocycles. The molecule has 15 heavy (non-hydrogen) atoms. The lowest BCUT2D eigenvalue weighted by molar-refractivity contribution is -0.149. The summed E-state index contributed by atoms with van der Waals surface area (Å²) in [4.78, 5) is 11.7. The van der Waals surface area contributed by atoms with Crippen molar-refractivity contribution >= 4 is 5.97 Å². The van der Waals surface area contributed by atoms with Crippen molar-refractivity contribution in [1.29, 1.82) is 0 Å². The molecule has 0 saturated heterocycles. The Bertz CT molecular complexity index is 232. The normalized spacial score (nSPS) is 14.0. The molecular formula is C12H21NO2. The summed E-state index contributed by atoms with van der Waals surface area (Å²) >= 11 is 0. The van der Waals surface area contributed by atoms with Gasteiger partial charge in [0.25, 0.3) is 0 Å². The molecule has 0 aromatic rings. The molecule has 0 amide bonds. The molecule has 0 bridgehead atoms. The fourth-order valence-electron chi connectivity index (χ4n) is 1.60. The van der Waals surface area contributed by atoms with E-state index in [9.17, 15) is 4.79 Å². The highest BCUT2D eigenvalue weighted by atomic mass is 16.5. The van der Waals surface area contributed by atoms with Gasteiger partial charge in [0, 0.05) is 0 Å². The molecule has 0 spiro atoms. The number of ether oxygens (including phenoxy) is 1. The average molecular weight is 211 g/mol. The minimum Gasteiger partial charge on any atom is -0.468 e. The van der Waals surface area contributed by atoms with Crippen molar-refractivity contribution in [3.63, 3.8) is 0 Å². The van der Waals surface area contributed by atoms with E-state index in [-0.39, 0.29) is 5.97 Å². The van der Waals surface area contributed by atoms with Gasteiger partial charge in [0.05, 0.1) is 13.7 Å². The number of carbonyl (C=O) groups is 1. The van der Waals surface area contributed by atoms with Crippen molar-refractivity contribution in [3.05, 3.63) is 0 Å². The van der Waals surface area contributed by atoms with Crippen molar-refractivity contribution in [1.82, 2.24) is 5.32 Å². The zero-order chi connectivity index (χ0) is 11.7. The molecule has 0 heterocycles. The zero-order valence-electron chi connectivity index (χ0n) is 9.93. The van der Waals surface area contributed by atoms with Crippen molar-refractivity contribution in [2.75, 3.05) is 13.7 Å². The molecule has 0 radical (unpaired) electrons. The van der Waals surface area contributed by atoms with E-state index in [1.165, 1.54) is 7.11 Å². The molecule has 1 atom stereocenters. The summed E-state index contributed by atoms with van der Waals surface area (Å²) in [5, 5.41) is 3.11. The first-order valence-corrected chi connectivity index (χ1v) is 5.43. The molecule has 0 fully saturated rings. The fourth-order valence-corrected chi connectivity index (χ4v) is 1.60. The number of terminal acetylenes is 1. The van der Waals surface area contributed by atoms with Crippen LogP contribution in [0.2, 0.25) is 0 Å². The second kappa shape index (κ2) is 7.30. The van der Waals surface area contributed by atoms with Crippen molar-refractivity contribution in [2.45, 2.75) is 45.1 Å². The van der Waals surface area contributed by atoms with Gasteiger partial charge in [-0.25, -0.2) is 0 Å². The van der Waals surface area contributed by atoms with Gasteiger partial charge in [-0.2, -0.15) is 0 Å². The predicted octanol–water partition coefficient (Wildman–Crippen LogP) is 1.72. The number of hydrogen-bond donors (Lipinski definition) is 1. The minimum absolute atomic E-state index is 0.214. The van der Waals surface area contributed by atoms with E-state index in [1.807, 2.05) is 6.92 Å². The van der Waals surface area contributed by atoms with Crippen LogP contribution in [0, 0.1) is 12.3 Å². The summed E-state index contributed by atoms with van der Waals surface area (Å²) in [6, 6.07) is 0. The van der Waals surface area contributed by atoms with Crippen LogP contribution < -0.4 is 5.32 Å². The number of unbranched alkanes of at least 4 members (excludes halogenated alkanes) is 1.